The van der Waals surface area contributed by atoms with Gasteiger partial charge in [-0.1, -0.05) is 12.1 Å². The number of rotatable bonds is 4. The van der Waals surface area contributed by atoms with Crippen LogP contribution in [0.4, 0.5) is 15.8 Å². The second-order valence-corrected chi connectivity index (χ2v) is 6.89. The summed E-state index contributed by atoms with van der Waals surface area (Å²) in [6, 6.07) is 13.8. The summed E-state index contributed by atoms with van der Waals surface area (Å²) in [4.78, 5) is 19.5. The fourth-order valence-electron chi connectivity index (χ4n) is 3.70. The maximum atomic E-state index is 13.2. The molecule has 2 heterocycles. The van der Waals surface area contributed by atoms with E-state index >= 15 is 0 Å². The number of halogens is 1. The molecule has 142 valence electrons. The molecule has 0 atom stereocenters. The molecule has 4 rings (SSSR count). The molecule has 2 aromatic rings. The molecule has 2 aliphatic rings. The van der Waals surface area contributed by atoms with Crippen molar-refractivity contribution in [3.8, 4) is 0 Å². The number of hydrogen-bond donors (Lipinski definition) is 0. The predicted octanol–water partition coefficient (Wildman–Crippen LogP) is 2.62. The van der Waals surface area contributed by atoms with Gasteiger partial charge in [-0.3, -0.25) is 9.69 Å². The first-order valence-corrected chi connectivity index (χ1v) is 9.44. The van der Waals surface area contributed by atoms with E-state index in [4.69, 9.17) is 4.74 Å². The van der Waals surface area contributed by atoms with Crippen LogP contribution in [0.3, 0.4) is 0 Å². The summed E-state index contributed by atoms with van der Waals surface area (Å²) < 4.78 is 18.6. The van der Waals surface area contributed by atoms with Crippen molar-refractivity contribution < 1.29 is 13.9 Å². The van der Waals surface area contributed by atoms with Crippen molar-refractivity contribution in [3.05, 3.63) is 59.9 Å². The lowest BCUT2D eigenvalue weighted by molar-refractivity contribution is 0.0391. The highest BCUT2D eigenvalue weighted by Gasteiger charge is 2.27. The van der Waals surface area contributed by atoms with Crippen molar-refractivity contribution in [2.24, 2.45) is 0 Å². The van der Waals surface area contributed by atoms with E-state index in [-0.39, 0.29) is 11.7 Å². The second-order valence-electron chi connectivity index (χ2n) is 6.89. The molecule has 0 unspecified atom stereocenters. The molecule has 0 bridgehead atoms. The van der Waals surface area contributed by atoms with E-state index in [9.17, 15) is 9.18 Å². The van der Waals surface area contributed by atoms with Crippen molar-refractivity contribution in [3.63, 3.8) is 0 Å². The predicted molar refractivity (Wildman–Crippen MR) is 104 cm³/mol. The molecule has 6 heteroatoms. The molecule has 1 amide bonds. The van der Waals surface area contributed by atoms with Crippen molar-refractivity contribution in [2.75, 3.05) is 62.3 Å². The lowest BCUT2D eigenvalue weighted by Crippen LogP contribution is -2.47. The lowest BCUT2D eigenvalue weighted by Gasteiger charge is -2.39. The zero-order chi connectivity index (χ0) is 18.6. The Hall–Kier alpha value is -2.44. The van der Waals surface area contributed by atoms with E-state index < -0.39 is 0 Å². The molecule has 1 fully saturated rings. The van der Waals surface area contributed by atoms with Gasteiger partial charge in [-0.2, -0.15) is 0 Å². The fourth-order valence-corrected chi connectivity index (χ4v) is 3.70. The summed E-state index contributed by atoms with van der Waals surface area (Å²) >= 11 is 0. The Morgan fingerprint density at radius 3 is 2.33 bits per heavy atom. The molecule has 27 heavy (non-hydrogen) atoms. The van der Waals surface area contributed by atoms with Crippen LogP contribution in [0.1, 0.15) is 10.4 Å². The van der Waals surface area contributed by atoms with Crippen LogP contribution in [0, 0.1) is 5.82 Å². The van der Waals surface area contributed by atoms with Crippen LogP contribution in [0.25, 0.3) is 0 Å². The number of carbonyl (C=O) groups is 1. The number of nitrogens with zero attached hydrogens (tertiary/aromatic N) is 3. The topological polar surface area (TPSA) is 36.0 Å². The number of benzene rings is 2. The number of fused-ring (bicyclic) bond motifs is 1. The Kier molecular flexibility index (Phi) is 5.36. The zero-order valence-electron chi connectivity index (χ0n) is 15.3. The van der Waals surface area contributed by atoms with Crippen molar-refractivity contribution in [2.45, 2.75) is 0 Å². The first-order valence-electron chi connectivity index (χ1n) is 9.44. The van der Waals surface area contributed by atoms with Crippen LogP contribution in [0.2, 0.25) is 0 Å². The molecule has 0 spiro atoms. The van der Waals surface area contributed by atoms with Gasteiger partial charge in [0.15, 0.2) is 0 Å². The number of para-hydroxylation sites is 2. The first-order chi connectivity index (χ1) is 13.2. The van der Waals surface area contributed by atoms with Crippen LogP contribution in [0.5, 0.6) is 0 Å². The molecule has 5 nitrogen and oxygen atoms in total. The van der Waals surface area contributed by atoms with Gasteiger partial charge in [-0.15, -0.1) is 0 Å². The molecule has 1 saturated heterocycles. The Morgan fingerprint density at radius 1 is 0.889 bits per heavy atom. The third kappa shape index (κ3) is 3.96. The maximum absolute atomic E-state index is 13.2. The fraction of sp³-hybridized carbons (Fsp3) is 0.381. The van der Waals surface area contributed by atoms with Gasteiger partial charge in [0.2, 0.25) is 0 Å². The van der Waals surface area contributed by atoms with Gasteiger partial charge >= 0.3 is 0 Å². The third-order valence-corrected chi connectivity index (χ3v) is 5.23. The van der Waals surface area contributed by atoms with Gasteiger partial charge in [-0.25, -0.2) is 4.39 Å². The van der Waals surface area contributed by atoms with Crippen LogP contribution in [-0.2, 0) is 4.74 Å². The lowest BCUT2D eigenvalue weighted by atomic mass is 10.1. The van der Waals surface area contributed by atoms with E-state index in [1.165, 1.54) is 12.1 Å². The highest BCUT2D eigenvalue weighted by atomic mass is 19.1. The quantitative estimate of drug-likeness (QED) is 0.830. The number of morpholine rings is 1. The standard InChI is InChI=1S/C21H24FN3O2/c22-18-7-5-17(6-8-18)21(26)25-12-11-24(19-3-1-2-4-20(19)25)10-9-23-13-15-27-16-14-23/h1-8H,9-16H2. The van der Waals surface area contributed by atoms with Gasteiger partial charge in [0.1, 0.15) is 5.82 Å². The number of ether oxygens (including phenoxy) is 1. The van der Waals surface area contributed by atoms with Gasteiger partial charge in [-0.05, 0) is 36.4 Å². The van der Waals surface area contributed by atoms with Crippen molar-refractivity contribution >= 4 is 17.3 Å². The summed E-state index contributed by atoms with van der Waals surface area (Å²) in [5, 5.41) is 0. The first kappa shape index (κ1) is 17.9. The van der Waals surface area contributed by atoms with E-state index in [0.29, 0.717) is 12.1 Å². The minimum absolute atomic E-state index is 0.0877. The average molecular weight is 369 g/mol. The molecule has 0 aromatic heterocycles. The summed E-state index contributed by atoms with van der Waals surface area (Å²) in [6.45, 7) is 6.88. The Morgan fingerprint density at radius 2 is 1.59 bits per heavy atom. The molecule has 2 aromatic carbocycles. The minimum Gasteiger partial charge on any atom is -0.379 e. The zero-order valence-corrected chi connectivity index (χ0v) is 15.3. The molecule has 0 aliphatic carbocycles. The SMILES string of the molecule is O=C(c1ccc(F)cc1)N1CCN(CCN2CCOCC2)c2ccccc21. The summed E-state index contributed by atoms with van der Waals surface area (Å²) in [7, 11) is 0. The Balaban J connectivity index is 1.50. The summed E-state index contributed by atoms with van der Waals surface area (Å²) in [5.41, 5.74) is 2.50. The van der Waals surface area contributed by atoms with Crippen LogP contribution >= 0.6 is 0 Å². The van der Waals surface area contributed by atoms with Crippen LogP contribution in [0.15, 0.2) is 48.5 Å². The monoisotopic (exact) mass is 369 g/mol. The molecule has 2 aliphatic heterocycles. The van der Waals surface area contributed by atoms with Gasteiger partial charge in [0, 0.05) is 44.8 Å². The van der Waals surface area contributed by atoms with Crippen molar-refractivity contribution in [1.29, 1.82) is 0 Å². The van der Waals surface area contributed by atoms with E-state index in [0.717, 1.165) is 57.3 Å². The van der Waals surface area contributed by atoms with Gasteiger partial charge in [0.05, 0.1) is 24.6 Å². The van der Waals surface area contributed by atoms with Crippen LogP contribution < -0.4 is 9.80 Å². The van der Waals surface area contributed by atoms with Crippen molar-refractivity contribution in [1.82, 2.24) is 4.90 Å². The largest absolute Gasteiger partial charge is 0.379 e. The van der Waals surface area contributed by atoms with E-state index in [1.54, 1.807) is 17.0 Å². The van der Waals surface area contributed by atoms with Gasteiger partial charge in [0.25, 0.3) is 5.91 Å². The average Bonchev–Trinajstić information content (AvgIpc) is 2.73. The van der Waals surface area contributed by atoms with E-state index in [2.05, 4.69) is 15.9 Å². The minimum atomic E-state index is -0.333. The second kappa shape index (κ2) is 8.06. The Bertz CT molecular complexity index is 790. The summed E-state index contributed by atoms with van der Waals surface area (Å²) in [6.07, 6.45) is 0. The molecule has 0 N–H and O–H groups in total. The number of carbonyl (C=O) groups excluding carboxylic acids is 1. The highest BCUT2D eigenvalue weighted by molar-refractivity contribution is 6.08. The molecule has 0 radical (unpaired) electrons. The normalized spacial score (nSPS) is 17.7. The van der Waals surface area contributed by atoms with E-state index in [1.807, 2.05) is 18.2 Å². The number of anilines is 2. The van der Waals surface area contributed by atoms with Crippen LogP contribution in [-0.4, -0.2) is 63.3 Å². The molecular formula is C21H24FN3O2. The third-order valence-electron chi connectivity index (χ3n) is 5.23. The highest BCUT2D eigenvalue weighted by Crippen LogP contribution is 2.33. The van der Waals surface area contributed by atoms with Gasteiger partial charge < -0.3 is 14.5 Å². The number of hydrogen-bond acceptors (Lipinski definition) is 4. The Labute approximate surface area is 158 Å². The molecule has 0 saturated carbocycles. The number of amides is 1. The maximum Gasteiger partial charge on any atom is 0.258 e. The smallest absolute Gasteiger partial charge is 0.258 e. The summed E-state index contributed by atoms with van der Waals surface area (Å²) in [5.74, 6) is -0.421. The molecular weight excluding hydrogens is 345 g/mol.